The van der Waals surface area contributed by atoms with Gasteiger partial charge in [-0.1, -0.05) is 30.7 Å². The van der Waals surface area contributed by atoms with Gasteiger partial charge in [0.05, 0.1) is 25.4 Å². The maximum atomic E-state index is 12.9. The van der Waals surface area contributed by atoms with E-state index in [-0.39, 0.29) is 18.0 Å². The molecule has 0 aromatic heterocycles. The molecule has 2 aliphatic carbocycles. The smallest absolute Gasteiger partial charge is 0.240 e. The van der Waals surface area contributed by atoms with Gasteiger partial charge in [-0.2, -0.15) is 0 Å². The second-order valence-corrected chi connectivity index (χ2v) is 7.34. The number of morpholine rings is 1. The van der Waals surface area contributed by atoms with Crippen LogP contribution in [-0.2, 0) is 16.0 Å². The molecule has 0 radical (unpaired) electrons. The van der Waals surface area contributed by atoms with Gasteiger partial charge in [0.1, 0.15) is 6.04 Å². The molecule has 1 unspecified atom stereocenters. The molecule has 3 aliphatic rings. The highest BCUT2D eigenvalue weighted by atomic mass is 16.5. The van der Waals surface area contributed by atoms with Gasteiger partial charge < -0.3 is 15.2 Å². The molecule has 1 saturated carbocycles. The molecule has 1 aromatic carbocycles. The van der Waals surface area contributed by atoms with E-state index in [0.717, 1.165) is 30.1 Å². The number of ether oxygens (including phenoxy) is 1. The lowest BCUT2D eigenvalue weighted by Gasteiger charge is -2.39. The average molecular weight is 330 g/mol. The van der Waals surface area contributed by atoms with Gasteiger partial charge in [-0.05, 0) is 29.9 Å². The molecule has 3 atom stereocenters. The van der Waals surface area contributed by atoms with E-state index in [1.807, 2.05) is 24.3 Å². The molecule has 4 rings (SSSR count). The Morgan fingerprint density at radius 2 is 2.17 bits per heavy atom. The first-order chi connectivity index (χ1) is 11.7. The van der Waals surface area contributed by atoms with E-state index in [2.05, 4.69) is 10.2 Å². The fourth-order valence-corrected chi connectivity index (χ4v) is 4.10. The van der Waals surface area contributed by atoms with Crippen molar-refractivity contribution in [3.05, 3.63) is 35.4 Å². The number of carbonyl (C=O) groups is 1. The number of nitrogens with zero attached hydrogens (tertiary/aromatic N) is 1. The Morgan fingerprint density at radius 3 is 2.96 bits per heavy atom. The standard InChI is InChI=1S/C19H26N2O3/c22-17-10-14-6-1-2-7-15(14)18(17)20-19(23)16-12-24-9-8-21(16)11-13-4-3-5-13/h1-2,6-7,13,16-18,22H,3-5,8-12H2,(H,20,23)/t16?,17-,18+/m0/s1. The van der Waals surface area contributed by atoms with Crippen LogP contribution in [0, 0.1) is 5.92 Å². The molecule has 130 valence electrons. The Hall–Kier alpha value is -1.43. The summed E-state index contributed by atoms with van der Waals surface area (Å²) in [4.78, 5) is 15.1. The summed E-state index contributed by atoms with van der Waals surface area (Å²) in [6, 6.07) is 7.42. The van der Waals surface area contributed by atoms with Crippen LogP contribution in [0.4, 0.5) is 0 Å². The van der Waals surface area contributed by atoms with Crippen molar-refractivity contribution in [2.45, 2.75) is 43.9 Å². The number of hydrogen-bond acceptors (Lipinski definition) is 4. The maximum Gasteiger partial charge on any atom is 0.240 e. The quantitative estimate of drug-likeness (QED) is 0.873. The summed E-state index contributed by atoms with van der Waals surface area (Å²) in [7, 11) is 0. The summed E-state index contributed by atoms with van der Waals surface area (Å²) in [6.45, 7) is 2.96. The Kier molecular flexibility index (Phi) is 4.57. The molecule has 1 heterocycles. The van der Waals surface area contributed by atoms with Gasteiger partial charge in [0, 0.05) is 19.5 Å². The Morgan fingerprint density at radius 1 is 1.33 bits per heavy atom. The zero-order valence-electron chi connectivity index (χ0n) is 14.0. The third kappa shape index (κ3) is 3.08. The van der Waals surface area contributed by atoms with E-state index < -0.39 is 6.10 Å². The van der Waals surface area contributed by atoms with Gasteiger partial charge in [0.15, 0.2) is 0 Å². The zero-order valence-corrected chi connectivity index (χ0v) is 14.0. The first kappa shape index (κ1) is 16.1. The summed E-state index contributed by atoms with van der Waals surface area (Å²) in [6.07, 6.45) is 3.93. The van der Waals surface area contributed by atoms with E-state index in [4.69, 9.17) is 4.74 Å². The molecule has 1 saturated heterocycles. The number of aliphatic hydroxyl groups is 1. The minimum atomic E-state index is -0.545. The number of amides is 1. The molecule has 5 heteroatoms. The minimum Gasteiger partial charge on any atom is -0.390 e. The normalized spacial score (nSPS) is 30.6. The van der Waals surface area contributed by atoms with E-state index in [1.165, 1.54) is 19.3 Å². The zero-order chi connectivity index (χ0) is 16.5. The molecule has 0 spiro atoms. The van der Waals surface area contributed by atoms with Crippen LogP contribution in [0.25, 0.3) is 0 Å². The van der Waals surface area contributed by atoms with Crippen molar-refractivity contribution < 1.29 is 14.6 Å². The Balaban J connectivity index is 1.44. The first-order valence-electron chi connectivity index (χ1n) is 9.10. The molecular weight excluding hydrogens is 304 g/mol. The number of aliphatic hydroxyl groups excluding tert-OH is 1. The van der Waals surface area contributed by atoms with E-state index in [1.54, 1.807) is 0 Å². The summed E-state index contributed by atoms with van der Waals surface area (Å²) >= 11 is 0. The minimum absolute atomic E-state index is 0.0187. The summed E-state index contributed by atoms with van der Waals surface area (Å²) < 4.78 is 5.56. The number of carbonyl (C=O) groups excluding carboxylic acids is 1. The summed E-state index contributed by atoms with van der Waals surface area (Å²) in [5, 5.41) is 13.4. The van der Waals surface area contributed by atoms with Crippen molar-refractivity contribution in [1.82, 2.24) is 10.2 Å². The van der Waals surface area contributed by atoms with Gasteiger partial charge in [0.2, 0.25) is 5.91 Å². The topological polar surface area (TPSA) is 61.8 Å². The molecule has 2 fully saturated rings. The fraction of sp³-hybridized carbons (Fsp3) is 0.632. The molecule has 1 aromatic rings. The summed E-state index contributed by atoms with van der Waals surface area (Å²) in [5.74, 6) is 0.714. The van der Waals surface area contributed by atoms with Crippen LogP contribution in [0.15, 0.2) is 24.3 Å². The first-order valence-corrected chi connectivity index (χ1v) is 9.10. The maximum absolute atomic E-state index is 12.9. The third-order valence-corrected chi connectivity index (χ3v) is 5.76. The van der Waals surface area contributed by atoms with Crippen molar-refractivity contribution in [1.29, 1.82) is 0 Å². The predicted octanol–water partition coefficient (Wildman–Crippen LogP) is 1.26. The SMILES string of the molecule is O=C(N[C@@H]1c2ccccc2C[C@@H]1O)C1COCCN1CC1CCC1. The van der Waals surface area contributed by atoms with Crippen LogP contribution in [0.5, 0.6) is 0 Å². The van der Waals surface area contributed by atoms with Crippen LogP contribution < -0.4 is 5.32 Å². The van der Waals surface area contributed by atoms with Gasteiger partial charge in [-0.3, -0.25) is 9.69 Å². The van der Waals surface area contributed by atoms with Gasteiger partial charge in [-0.25, -0.2) is 0 Å². The summed E-state index contributed by atoms with van der Waals surface area (Å²) in [5.41, 5.74) is 2.17. The lowest BCUT2D eigenvalue weighted by Crippen LogP contribution is -2.56. The van der Waals surface area contributed by atoms with Crippen molar-refractivity contribution in [2.75, 3.05) is 26.3 Å². The Labute approximate surface area is 143 Å². The number of nitrogens with one attached hydrogen (secondary N) is 1. The molecule has 0 bridgehead atoms. The monoisotopic (exact) mass is 330 g/mol. The van der Waals surface area contributed by atoms with Crippen molar-refractivity contribution in [2.24, 2.45) is 5.92 Å². The van der Waals surface area contributed by atoms with Crippen LogP contribution in [0.3, 0.4) is 0 Å². The molecule has 1 aliphatic heterocycles. The van der Waals surface area contributed by atoms with E-state index >= 15 is 0 Å². The highest BCUT2D eigenvalue weighted by Crippen LogP contribution is 2.32. The number of fused-ring (bicyclic) bond motifs is 1. The average Bonchev–Trinajstić information content (AvgIpc) is 2.87. The van der Waals surface area contributed by atoms with Crippen LogP contribution in [-0.4, -0.2) is 54.4 Å². The lowest BCUT2D eigenvalue weighted by atomic mass is 9.84. The number of benzene rings is 1. The Bertz CT molecular complexity index is 602. The van der Waals surface area contributed by atoms with Crippen molar-refractivity contribution in [3.63, 3.8) is 0 Å². The second-order valence-electron chi connectivity index (χ2n) is 7.34. The molecule has 24 heavy (non-hydrogen) atoms. The molecule has 1 amide bonds. The van der Waals surface area contributed by atoms with E-state index in [9.17, 15) is 9.90 Å². The highest BCUT2D eigenvalue weighted by Gasteiger charge is 2.37. The second kappa shape index (κ2) is 6.82. The highest BCUT2D eigenvalue weighted by molar-refractivity contribution is 5.82. The third-order valence-electron chi connectivity index (χ3n) is 5.76. The molecular formula is C19H26N2O3. The predicted molar refractivity (Wildman–Crippen MR) is 90.6 cm³/mol. The van der Waals surface area contributed by atoms with Crippen LogP contribution >= 0.6 is 0 Å². The van der Waals surface area contributed by atoms with Gasteiger partial charge in [-0.15, -0.1) is 0 Å². The lowest BCUT2D eigenvalue weighted by molar-refractivity contribution is -0.134. The van der Waals surface area contributed by atoms with Crippen molar-refractivity contribution >= 4 is 5.91 Å². The number of hydrogen-bond donors (Lipinski definition) is 2. The number of rotatable bonds is 4. The van der Waals surface area contributed by atoms with Gasteiger partial charge >= 0.3 is 0 Å². The fourth-order valence-electron chi connectivity index (χ4n) is 4.10. The van der Waals surface area contributed by atoms with Crippen molar-refractivity contribution in [3.8, 4) is 0 Å². The molecule has 5 nitrogen and oxygen atoms in total. The van der Waals surface area contributed by atoms with Crippen LogP contribution in [0.1, 0.15) is 36.4 Å². The largest absolute Gasteiger partial charge is 0.390 e. The molecule has 2 N–H and O–H groups in total. The van der Waals surface area contributed by atoms with Crippen LogP contribution in [0.2, 0.25) is 0 Å². The van der Waals surface area contributed by atoms with Gasteiger partial charge in [0.25, 0.3) is 0 Å². The van der Waals surface area contributed by atoms with E-state index in [0.29, 0.717) is 19.6 Å².